The predicted octanol–water partition coefficient (Wildman–Crippen LogP) is 2.42. The Kier molecular flexibility index (Phi) is 7.86. The van der Waals surface area contributed by atoms with Gasteiger partial charge in [0.25, 0.3) is 0 Å². The van der Waals surface area contributed by atoms with E-state index in [9.17, 15) is 4.79 Å². The molecule has 1 unspecified atom stereocenters. The molecule has 0 aliphatic rings. The lowest BCUT2D eigenvalue weighted by atomic mass is 10.2. The Bertz CT molecular complexity index is 468. The molecular formula is C16H22N2OS. The van der Waals surface area contributed by atoms with Crippen LogP contribution in [0.15, 0.2) is 29.2 Å². The summed E-state index contributed by atoms with van der Waals surface area (Å²) < 4.78 is 0. The number of benzene rings is 1. The molecule has 0 aliphatic heterocycles. The van der Waals surface area contributed by atoms with Gasteiger partial charge in [-0.2, -0.15) is 0 Å². The van der Waals surface area contributed by atoms with Crippen LogP contribution < -0.4 is 10.6 Å². The highest BCUT2D eigenvalue weighted by Crippen LogP contribution is 2.24. The van der Waals surface area contributed by atoms with Crippen LogP contribution in [0.5, 0.6) is 0 Å². The lowest BCUT2D eigenvalue weighted by Crippen LogP contribution is -2.31. The van der Waals surface area contributed by atoms with E-state index < -0.39 is 0 Å². The molecule has 0 fully saturated rings. The van der Waals surface area contributed by atoms with Gasteiger partial charge in [-0.15, -0.1) is 18.2 Å². The zero-order chi connectivity index (χ0) is 14.8. The number of terminal acetylenes is 1. The third kappa shape index (κ3) is 6.14. The summed E-state index contributed by atoms with van der Waals surface area (Å²) in [5, 5.41) is 5.92. The second-order valence-electron chi connectivity index (χ2n) is 4.51. The van der Waals surface area contributed by atoms with Crippen LogP contribution in [0.25, 0.3) is 0 Å². The molecule has 0 radical (unpaired) electrons. The Balaban J connectivity index is 2.52. The molecule has 1 atom stereocenters. The molecule has 0 heterocycles. The van der Waals surface area contributed by atoms with Crippen LogP contribution in [0.4, 0.5) is 0 Å². The molecule has 3 nitrogen and oxygen atoms in total. The Morgan fingerprint density at radius 1 is 1.50 bits per heavy atom. The van der Waals surface area contributed by atoms with Crippen molar-refractivity contribution >= 4 is 17.7 Å². The minimum Gasteiger partial charge on any atom is -0.344 e. The topological polar surface area (TPSA) is 41.1 Å². The van der Waals surface area contributed by atoms with Crippen LogP contribution >= 0.6 is 11.8 Å². The quantitative estimate of drug-likeness (QED) is 0.439. The fourth-order valence-corrected chi connectivity index (χ4v) is 2.65. The molecule has 1 rings (SSSR count). The van der Waals surface area contributed by atoms with Gasteiger partial charge >= 0.3 is 0 Å². The summed E-state index contributed by atoms with van der Waals surface area (Å²) in [5.74, 6) is 2.38. The number of rotatable bonds is 8. The maximum Gasteiger partial charge on any atom is 0.233 e. The van der Waals surface area contributed by atoms with Crippen molar-refractivity contribution in [2.24, 2.45) is 0 Å². The molecule has 2 N–H and O–H groups in total. The van der Waals surface area contributed by atoms with Gasteiger partial charge in [0.1, 0.15) is 0 Å². The first-order valence-electron chi connectivity index (χ1n) is 6.84. The fourth-order valence-electron chi connectivity index (χ4n) is 1.68. The molecule has 0 saturated carbocycles. The summed E-state index contributed by atoms with van der Waals surface area (Å²) in [5.41, 5.74) is 1.24. The molecular weight excluding hydrogens is 268 g/mol. The third-order valence-corrected chi connectivity index (χ3v) is 3.79. The molecule has 0 aliphatic carbocycles. The number of thioether (sulfide) groups is 1. The molecule has 0 spiro atoms. The molecule has 0 aromatic heterocycles. The third-order valence-electron chi connectivity index (χ3n) is 2.70. The highest BCUT2D eigenvalue weighted by atomic mass is 32.2. The van der Waals surface area contributed by atoms with E-state index in [1.807, 2.05) is 19.1 Å². The van der Waals surface area contributed by atoms with Gasteiger partial charge in [0.05, 0.1) is 11.8 Å². The molecule has 1 amide bonds. The summed E-state index contributed by atoms with van der Waals surface area (Å²) in [7, 11) is 0. The smallest absolute Gasteiger partial charge is 0.233 e. The Morgan fingerprint density at radius 3 is 3.00 bits per heavy atom. The van der Waals surface area contributed by atoms with Crippen molar-refractivity contribution in [3.8, 4) is 12.3 Å². The van der Waals surface area contributed by atoms with Crippen molar-refractivity contribution in [2.75, 3.05) is 13.1 Å². The van der Waals surface area contributed by atoms with E-state index >= 15 is 0 Å². The summed E-state index contributed by atoms with van der Waals surface area (Å²) in [4.78, 5) is 12.9. The van der Waals surface area contributed by atoms with Gasteiger partial charge in [0.15, 0.2) is 0 Å². The van der Waals surface area contributed by atoms with E-state index in [1.54, 1.807) is 11.8 Å². The van der Waals surface area contributed by atoms with Crippen molar-refractivity contribution in [1.82, 2.24) is 10.6 Å². The molecule has 0 saturated heterocycles. The van der Waals surface area contributed by atoms with Crippen LogP contribution in [0, 0.1) is 12.3 Å². The number of carbonyl (C=O) groups excluding carboxylic acids is 1. The number of carbonyl (C=O) groups is 1. The molecule has 20 heavy (non-hydrogen) atoms. The van der Waals surface area contributed by atoms with Crippen LogP contribution in [0.3, 0.4) is 0 Å². The lowest BCUT2D eigenvalue weighted by molar-refractivity contribution is -0.120. The van der Waals surface area contributed by atoms with E-state index in [4.69, 9.17) is 6.42 Å². The standard InChI is InChI=1S/C16H22N2OS/c1-4-9-17-12-14-7-6-8-15(11-14)20-13(3)16(19)18-10-5-2/h2,6-8,11,13,17H,4,9-10,12H2,1,3H3,(H,18,19). The van der Waals surface area contributed by atoms with E-state index in [0.717, 1.165) is 24.4 Å². The van der Waals surface area contributed by atoms with Crippen LogP contribution in [0.2, 0.25) is 0 Å². The van der Waals surface area contributed by atoms with E-state index in [2.05, 4.69) is 35.6 Å². The van der Waals surface area contributed by atoms with Gasteiger partial charge in [0, 0.05) is 11.4 Å². The van der Waals surface area contributed by atoms with Gasteiger partial charge in [-0.25, -0.2) is 0 Å². The maximum absolute atomic E-state index is 11.8. The molecule has 1 aromatic carbocycles. The van der Waals surface area contributed by atoms with Crippen LogP contribution in [-0.4, -0.2) is 24.2 Å². The summed E-state index contributed by atoms with van der Waals surface area (Å²) in [6.45, 7) is 6.20. The summed E-state index contributed by atoms with van der Waals surface area (Å²) in [6.07, 6.45) is 6.25. The predicted molar refractivity (Wildman–Crippen MR) is 85.6 cm³/mol. The minimum absolute atomic E-state index is 0.0255. The average molecular weight is 290 g/mol. The number of hydrogen-bond donors (Lipinski definition) is 2. The molecule has 108 valence electrons. The average Bonchev–Trinajstić information content (AvgIpc) is 2.45. The largest absolute Gasteiger partial charge is 0.344 e. The highest BCUT2D eigenvalue weighted by Gasteiger charge is 2.13. The number of nitrogens with one attached hydrogen (secondary N) is 2. The van der Waals surface area contributed by atoms with E-state index in [-0.39, 0.29) is 17.7 Å². The first-order valence-corrected chi connectivity index (χ1v) is 7.72. The Hall–Kier alpha value is -1.44. The zero-order valence-corrected chi connectivity index (χ0v) is 12.9. The molecule has 0 bridgehead atoms. The highest BCUT2D eigenvalue weighted by molar-refractivity contribution is 8.00. The first-order chi connectivity index (χ1) is 9.67. The van der Waals surface area contributed by atoms with Crippen LogP contribution in [-0.2, 0) is 11.3 Å². The zero-order valence-electron chi connectivity index (χ0n) is 12.1. The minimum atomic E-state index is -0.151. The Labute approximate surface area is 125 Å². The van der Waals surface area contributed by atoms with E-state index in [0.29, 0.717) is 0 Å². The van der Waals surface area contributed by atoms with Crippen molar-refractivity contribution in [1.29, 1.82) is 0 Å². The van der Waals surface area contributed by atoms with Crippen molar-refractivity contribution < 1.29 is 4.79 Å². The van der Waals surface area contributed by atoms with Gasteiger partial charge < -0.3 is 10.6 Å². The van der Waals surface area contributed by atoms with Gasteiger partial charge in [0.2, 0.25) is 5.91 Å². The second-order valence-corrected chi connectivity index (χ2v) is 5.92. The SMILES string of the molecule is C#CCNC(=O)C(C)Sc1cccc(CNCCC)c1. The van der Waals surface area contributed by atoms with Crippen molar-refractivity contribution in [3.05, 3.63) is 29.8 Å². The van der Waals surface area contributed by atoms with Gasteiger partial charge in [-0.05, 0) is 37.6 Å². The number of hydrogen-bond acceptors (Lipinski definition) is 3. The van der Waals surface area contributed by atoms with Crippen molar-refractivity contribution in [2.45, 2.75) is 37.0 Å². The first kappa shape index (κ1) is 16.6. The molecule has 1 aromatic rings. The summed E-state index contributed by atoms with van der Waals surface area (Å²) in [6, 6.07) is 8.27. The van der Waals surface area contributed by atoms with Gasteiger partial charge in [-0.3, -0.25) is 4.79 Å². The summed E-state index contributed by atoms with van der Waals surface area (Å²) >= 11 is 1.55. The lowest BCUT2D eigenvalue weighted by Gasteiger charge is -2.11. The fraction of sp³-hybridized carbons (Fsp3) is 0.438. The Morgan fingerprint density at radius 2 is 2.30 bits per heavy atom. The van der Waals surface area contributed by atoms with Crippen LogP contribution in [0.1, 0.15) is 25.8 Å². The molecule has 4 heteroatoms. The monoisotopic (exact) mass is 290 g/mol. The number of amides is 1. The van der Waals surface area contributed by atoms with E-state index in [1.165, 1.54) is 5.56 Å². The second kappa shape index (κ2) is 9.46. The van der Waals surface area contributed by atoms with Crippen molar-refractivity contribution in [3.63, 3.8) is 0 Å². The normalized spacial score (nSPS) is 11.7. The van der Waals surface area contributed by atoms with Gasteiger partial charge in [-0.1, -0.05) is 25.0 Å². The maximum atomic E-state index is 11.8.